The summed E-state index contributed by atoms with van der Waals surface area (Å²) in [6, 6.07) is -0.697. The lowest BCUT2D eigenvalue weighted by molar-refractivity contribution is -0.143. The molecule has 3 N–H and O–H groups in total. The number of hydrogen-bond donors (Lipinski definition) is 2. The van der Waals surface area contributed by atoms with Gasteiger partial charge in [0.25, 0.3) is 0 Å². The zero-order chi connectivity index (χ0) is 11.7. The fourth-order valence-corrected chi connectivity index (χ4v) is 0.907. The van der Waals surface area contributed by atoms with Crippen LogP contribution in [-0.2, 0) is 19.1 Å². The van der Waals surface area contributed by atoms with Gasteiger partial charge in [0.1, 0.15) is 6.04 Å². The summed E-state index contributed by atoms with van der Waals surface area (Å²) < 4.78 is 9.40. The molecule has 0 spiro atoms. The standard InChI is InChI=1S/C9H18N2O4/c1-3-15-8(12)4-5-11-9(13)7(10)6-14-2/h7H,3-6,10H2,1-2H3,(H,11,13). The molecule has 88 valence electrons. The molecule has 0 rings (SSSR count). The smallest absolute Gasteiger partial charge is 0.307 e. The highest BCUT2D eigenvalue weighted by molar-refractivity contribution is 5.82. The molecule has 0 saturated heterocycles. The van der Waals surface area contributed by atoms with E-state index in [1.165, 1.54) is 7.11 Å². The third-order valence-electron chi connectivity index (χ3n) is 1.62. The van der Waals surface area contributed by atoms with Gasteiger partial charge in [0.2, 0.25) is 5.91 Å². The van der Waals surface area contributed by atoms with Crippen molar-refractivity contribution in [2.24, 2.45) is 5.73 Å². The maximum atomic E-state index is 11.2. The van der Waals surface area contributed by atoms with Crippen LogP contribution in [0.15, 0.2) is 0 Å². The SMILES string of the molecule is CCOC(=O)CCNC(=O)C(N)COC. The van der Waals surface area contributed by atoms with Crippen molar-refractivity contribution in [3.05, 3.63) is 0 Å². The molecule has 1 unspecified atom stereocenters. The van der Waals surface area contributed by atoms with Crippen LogP contribution >= 0.6 is 0 Å². The van der Waals surface area contributed by atoms with Crippen LogP contribution in [0.1, 0.15) is 13.3 Å². The van der Waals surface area contributed by atoms with Crippen LogP contribution in [0.2, 0.25) is 0 Å². The summed E-state index contributed by atoms with van der Waals surface area (Å²) in [5.74, 6) is -0.667. The number of carbonyl (C=O) groups excluding carboxylic acids is 2. The Morgan fingerprint density at radius 1 is 1.47 bits per heavy atom. The number of nitrogens with two attached hydrogens (primary N) is 1. The summed E-state index contributed by atoms with van der Waals surface area (Å²) >= 11 is 0. The third-order valence-corrected chi connectivity index (χ3v) is 1.62. The van der Waals surface area contributed by atoms with Crippen molar-refractivity contribution in [2.75, 3.05) is 26.9 Å². The molecule has 6 nitrogen and oxygen atoms in total. The van der Waals surface area contributed by atoms with Gasteiger partial charge in [0, 0.05) is 13.7 Å². The molecule has 0 fully saturated rings. The Bertz CT molecular complexity index is 208. The molecule has 0 aromatic carbocycles. The van der Waals surface area contributed by atoms with E-state index < -0.39 is 6.04 Å². The van der Waals surface area contributed by atoms with Gasteiger partial charge in [-0.05, 0) is 6.92 Å². The van der Waals surface area contributed by atoms with Crippen LogP contribution in [-0.4, -0.2) is 44.8 Å². The fourth-order valence-electron chi connectivity index (χ4n) is 0.907. The van der Waals surface area contributed by atoms with Gasteiger partial charge in [-0.3, -0.25) is 9.59 Å². The molecule has 0 aromatic rings. The highest BCUT2D eigenvalue weighted by atomic mass is 16.5. The number of carbonyl (C=O) groups is 2. The number of nitrogens with one attached hydrogen (secondary N) is 1. The van der Waals surface area contributed by atoms with Crippen molar-refractivity contribution >= 4 is 11.9 Å². The predicted molar refractivity (Wildman–Crippen MR) is 54.1 cm³/mol. The fraction of sp³-hybridized carbons (Fsp3) is 0.778. The largest absolute Gasteiger partial charge is 0.466 e. The molecule has 15 heavy (non-hydrogen) atoms. The van der Waals surface area contributed by atoms with Gasteiger partial charge in [-0.1, -0.05) is 0 Å². The topological polar surface area (TPSA) is 90.7 Å². The van der Waals surface area contributed by atoms with E-state index in [2.05, 4.69) is 10.1 Å². The van der Waals surface area contributed by atoms with Crippen LogP contribution in [0.4, 0.5) is 0 Å². The van der Waals surface area contributed by atoms with Gasteiger partial charge in [0.05, 0.1) is 19.6 Å². The lowest BCUT2D eigenvalue weighted by atomic mass is 10.3. The lowest BCUT2D eigenvalue weighted by Gasteiger charge is -2.10. The van der Waals surface area contributed by atoms with Crippen LogP contribution in [0.5, 0.6) is 0 Å². The van der Waals surface area contributed by atoms with E-state index in [0.717, 1.165) is 0 Å². The molecule has 6 heteroatoms. The molecular weight excluding hydrogens is 200 g/mol. The number of hydrogen-bond acceptors (Lipinski definition) is 5. The van der Waals surface area contributed by atoms with E-state index in [4.69, 9.17) is 10.5 Å². The second-order valence-corrected chi connectivity index (χ2v) is 2.91. The summed E-state index contributed by atoms with van der Waals surface area (Å²) in [5.41, 5.74) is 5.45. The Morgan fingerprint density at radius 3 is 2.67 bits per heavy atom. The summed E-state index contributed by atoms with van der Waals surface area (Å²) in [6.45, 7) is 2.46. The van der Waals surface area contributed by atoms with Crippen molar-refractivity contribution in [3.8, 4) is 0 Å². The Balaban J connectivity index is 3.58. The number of esters is 1. The average Bonchev–Trinajstić information content (AvgIpc) is 2.18. The molecule has 0 aliphatic carbocycles. The summed E-state index contributed by atoms with van der Waals surface area (Å²) in [6.07, 6.45) is 0.152. The zero-order valence-electron chi connectivity index (χ0n) is 9.12. The van der Waals surface area contributed by atoms with E-state index in [-0.39, 0.29) is 31.4 Å². The van der Waals surface area contributed by atoms with E-state index in [0.29, 0.717) is 6.61 Å². The first-order valence-corrected chi connectivity index (χ1v) is 4.79. The molecule has 0 heterocycles. The second-order valence-electron chi connectivity index (χ2n) is 2.91. The van der Waals surface area contributed by atoms with E-state index in [1.54, 1.807) is 6.92 Å². The monoisotopic (exact) mass is 218 g/mol. The summed E-state index contributed by atoms with van der Waals surface area (Å²) in [7, 11) is 1.46. The molecule has 0 bridgehead atoms. The maximum absolute atomic E-state index is 11.2. The van der Waals surface area contributed by atoms with Gasteiger partial charge in [0.15, 0.2) is 0 Å². The van der Waals surface area contributed by atoms with Crippen molar-refractivity contribution in [1.82, 2.24) is 5.32 Å². The molecule has 0 aliphatic heterocycles. The number of methoxy groups -OCH3 is 1. The first-order valence-electron chi connectivity index (χ1n) is 4.79. The highest BCUT2D eigenvalue weighted by Crippen LogP contribution is 1.86. The van der Waals surface area contributed by atoms with E-state index in [1.807, 2.05) is 0 Å². The number of ether oxygens (including phenoxy) is 2. The molecular formula is C9H18N2O4. The third kappa shape index (κ3) is 6.87. The van der Waals surface area contributed by atoms with Crippen molar-refractivity contribution in [3.63, 3.8) is 0 Å². The van der Waals surface area contributed by atoms with Crippen molar-refractivity contribution in [2.45, 2.75) is 19.4 Å². The minimum Gasteiger partial charge on any atom is -0.466 e. The van der Waals surface area contributed by atoms with Crippen LogP contribution in [0.25, 0.3) is 0 Å². The van der Waals surface area contributed by atoms with E-state index >= 15 is 0 Å². The number of amides is 1. The molecule has 0 saturated carbocycles. The van der Waals surface area contributed by atoms with E-state index in [9.17, 15) is 9.59 Å². The predicted octanol–water partition coefficient (Wildman–Crippen LogP) is -0.970. The maximum Gasteiger partial charge on any atom is 0.307 e. The molecule has 1 amide bonds. The first-order chi connectivity index (χ1) is 7.11. The molecule has 0 radical (unpaired) electrons. The lowest BCUT2D eigenvalue weighted by Crippen LogP contribution is -2.44. The van der Waals surface area contributed by atoms with Crippen molar-refractivity contribution in [1.29, 1.82) is 0 Å². The van der Waals surface area contributed by atoms with Crippen LogP contribution in [0.3, 0.4) is 0 Å². The van der Waals surface area contributed by atoms with Crippen LogP contribution < -0.4 is 11.1 Å². The van der Waals surface area contributed by atoms with Crippen molar-refractivity contribution < 1.29 is 19.1 Å². The zero-order valence-corrected chi connectivity index (χ0v) is 9.12. The Labute approximate surface area is 89.1 Å². The van der Waals surface area contributed by atoms with Gasteiger partial charge in [-0.25, -0.2) is 0 Å². The minimum absolute atomic E-state index is 0.152. The first kappa shape index (κ1) is 13.9. The Hall–Kier alpha value is -1.14. The normalized spacial score (nSPS) is 11.9. The number of rotatable bonds is 7. The Morgan fingerprint density at radius 2 is 2.13 bits per heavy atom. The van der Waals surface area contributed by atoms with Gasteiger partial charge < -0.3 is 20.5 Å². The van der Waals surface area contributed by atoms with Gasteiger partial charge >= 0.3 is 5.97 Å². The Kier molecular flexibility index (Phi) is 7.57. The molecule has 0 aromatic heterocycles. The highest BCUT2D eigenvalue weighted by Gasteiger charge is 2.12. The molecule has 1 atom stereocenters. The van der Waals surface area contributed by atoms with Crippen LogP contribution in [0, 0.1) is 0 Å². The summed E-state index contributed by atoms with van der Waals surface area (Å²) in [5, 5.41) is 2.51. The average molecular weight is 218 g/mol. The van der Waals surface area contributed by atoms with Gasteiger partial charge in [-0.15, -0.1) is 0 Å². The van der Waals surface area contributed by atoms with Gasteiger partial charge in [-0.2, -0.15) is 0 Å². The second kappa shape index (κ2) is 8.19. The minimum atomic E-state index is -0.697. The molecule has 0 aliphatic rings. The summed E-state index contributed by atoms with van der Waals surface area (Å²) in [4.78, 5) is 22.1. The quantitative estimate of drug-likeness (QED) is 0.536.